The molecule has 1 aromatic rings. The fourth-order valence-corrected chi connectivity index (χ4v) is 3.12. The third-order valence-corrected chi connectivity index (χ3v) is 4.26. The summed E-state index contributed by atoms with van der Waals surface area (Å²) < 4.78 is 0. The smallest absolute Gasteiger partial charge is 0.120 e. The fraction of sp³-hybridized carbons (Fsp3) is 0.647. The first-order chi connectivity index (χ1) is 9.31. The maximum absolute atomic E-state index is 10.0. The van der Waals surface area contributed by atoms with Crippen LogP contribution in [0, 0.1) is 0 Å². The van der Waals surface area contributed by atoms with Gasteiger partial charge in [-0.1, -0.05) is 57.2 Å². The van der Waals surface area contributed by atoms with E-state index in [-0.39, 0.29) is 6.04 Å². The Labute approximate surface area is 117 Å². The lowest BCUT2D eigenvalue weighted by Crippen LogP contribution is -2.33. The fourth-order valence-electron chi connectivity index (χ4n) is 3.12. The van der Waals surface area contributed by atoms with Crippen molar-refractivity contribution in [3.05, 3.63) is 29.8 Å². The number of hydrogen-bond donors (Lipinski definition) is 2. The van der Waals surface area contributed by atoms with Gasteiger partial charge in [0.1, 0.15) is 5.75 Å². The van der Waals surface area contributed by atoms with E-state index in [1.54, 1.807) is 6.07 Å². The topological polar surface area (TPSA) is 32.3 Å². The minimum absolute atomic E-state index is 0.283. The molecule has 1 atom stereocenters. The van der Waals surface area contributed by atoms with Gasteiger partial charge >= 0.3 is 0 Å². The molecule has 1 aromatic carbocycles. The number of nitrogens with one attached hydrogen (secondary N) is 1. The molecule has 1 saturated carbocycles. The zero-order valence-electron chi connectivity index (χ0n) is 12.1. The highest BCUT2D eigenvalue weighted by molar-refractivity contribution is 5.34. The van der Waals surface area contributed by atoms with Crippen LogP contribution in [0.1, 0.15) is 69.9 Å². The van der Waals surface area contributed by atoms with Gasteiger partial charge in [0.05, 0.1) is 0 Å². The summed E-state index contributed by atoms with van der Waals surface area (Å²) in [5.41, 5.74) is 1.05. The Morgan fingerprint density at radius 3 is 2.37 bits per heavy atom. The predicted octanol–water partition coefficient (Wildman–Crippen LogP) is 4.55. The first-order valence-corrected chi connectivity index (χ1v) is 7.85. The Kier molecular flexibility index (Phi) is 5.71. The molecule has 0 aliphatic heterocycles. The zero-order valence-corrected chi connectivity index (χ0v) is 12.1. The molecule has 0 aromatic heterocycles. The molecule has 2 nitrogen and oxygen atoms in total. The van der Waals surface area contributed by atoms with Gasteiger partial charge in [-0.2, -0.15) is 0 Å². The van der Waals surface area contributed by atoms with Crippen LogP contribution in [-0.2, 0) is 0 Å². The molecule has 2 heteroatoms. The number of aromatic hydroxyl groups is 1. The normalized spacial score (nSPS) is 19.6. The van der Waals surface area contributed by atoms with Crippen LogP contribution in [-0.4, -0.2) is 11.1 Å². The van der Waals surface area contributed by atoms with Crippen molar-refractivity contribution < 1.29 is 5.11 Å². The molecule has 0 bridgehead atoms. The van der Waals surface area contributed by atoms with E-state index in [9.17, 15) is 5.11 Å². The van der Waals surface area contributed by atoms with Crippen LogP contribution >= 0.6 is 0 Å². The van der Waals surface area contributed by atoms with E-state index in [0.717, 1.165) is 12.0 Å². The Morgan fingerprint density at radius 1 is 1.11 bits per heavy atom. The summed E-state index contributed by atoms with van der Waals surface area (Å²) in [7, 11) is 0. The third-order valence-electron chi connectivity index (χ3n) is 4.26. The van der Waals surface area contributed by atoms with E-state index >= 15 is 0 Å². The van der Waals surface area contributed by atoms with Gasteiger partial charge in [-0.05, 0) is 25.3 Å². The SMILES string of the molecule is CCC(NC1CCCCCCC1)c1ccccc1O. The van der Waals surface area contributed by atoms with Crippen molar-refractivity contribution in [3.8, 4) is 5.75 Å². The van der Waals surface area contributed by atoms with Gasteiger partial charge < -0.3 is 10.4 Å². The number of phenolic OH excluding ortho intramolecular Hbond substituents is 1. The van der Waals surface area contributed by atoms with Gasteiger partial charge in [-0.3, -0.25) is 0 Å². The van der Waals surface area contributed by atoms with Gasteiger partial charge in [-0.15, -0.1) is 0 Å². The van der Waals surface area contributed by atoms with Crippen molar-refractivity contribution in [1.29, 1.82) is 0 Å². The summed E-state index contributed by atoms with van der Waals surface area (Å²) >= 11 is 0. The number of phenols is 1. The molecular weight excluding hydrogens is 234 g/mol. The Morgan fingerprint density at radius 2 is 1.74 bits per heavy atom. The quantitative estimate of drug-likeness (QED) is 0.833. The first-order valence-electron chi connectivity index (χ1n) is 7.85. The molecule has 1 unspecified atom stereocenters. The monoisotopic (exact) mass is 261 g/mol. The van der Waals surface area contributed by atoms with E-state index in [2.05, 4.69) is 12.2 Å². The molecule has 2 N–H and O–H groups in total. The standard InChI is InChI=1S/C17H27NO/c1-2-16(15-12-8-9-13-17(15)19)18-14-10-6-4-3-5-7-11-14/h8-9,12-14,16,18-19H,2-7,10-11H2,1H3. The summed E-state index contributed by atoms with van der Waals surface area (Å²) in [6.07, 6.45) is 10.4. The number of benzene rings is 1. The molecule has 1 fully saturated rings. The van der Waals surface area contributed by atoms with Crippen LogP contribution in [0.5, 0.6) is 5.75 Å². The van der Waals surface area contributed by atoms with Crippen LogP contribution in [0.4, 0.5) is 0 Å². The maximum atomic E-state index is 10.0. The van der Waals surface area contributed by atoms with Crippen LogP contribution in [0.15, 0.2) is 24.3 Å². The average Bonchev–Trinajstić information content (AvgIpc) is 2.39. The van der Waals surface area contributed by atoms with Crippen molar-refractivity contribution in [3.63, 3.8) is 0 Å². The Balaban J connectivity index is 1.99. The number of hydrogen-bond acceptors (Lipinski definition) is 2. The first kappa shape index (κ1) is 14.4. The van der Waals surface area contributed by atoms with Crippen LogP contribution < -0.4 is 5.32 Å². The minimum atomic E-state index is 0.283. The van der Waals surface area contributed by atoms with Crippen molar-refractivity contribution in [2.45, 2.75) is 70.4 Å². The second-order valence-electron chi connectivity index (χ2n) is 5.73. The summed E-state index contributed by atoms with van der Waals surface area (Å²) in [5, 5.41) is 13.8. The van der Waals surface area contributed by atoms with Crippen molar-refractivity contribution in [2.24, 2.45) is 0 Å². The van der Waals surface area contributed by atoms with Crippen LogP contribution in [0.25, 0.3) is 0 Å². The molecule has 0 saturated heterocycles. The summed E-state index contributed by atoms with van der Waals surface area (Å²) in [4.78, 5) is 0. The highest BCUT2D eigenvalue weighted by Gasteiger charge is 2.18. The molecule has 1 aliphatic rings. The largest absolute Gasteiger partial charge is 0.508 e. The molecule has 0 radical (unpaired) electrons. The summed E-state index contributed by atoms with van der Waals surface area (Å²) in [5.74, 6) is 0.424. The van der Waals surface area contributed by atoms with Crippen LogP contribution in [0.2, 0.25) is 0 Å². The molecule has 0 spiro atoms. The van der Waals surface area contributed by atoms with E-state index < -0.39 is 0 Å². The molecule has 2 rings (SSSR count). The third kappa shape index (κ3) is 4.24. The number of para-hydroxylation sites is 1. The van der Waals surface area contributed by atoms with E-state index in [4.69, 9.17) is 0 Å². The predicted molar refractivity (Wildman–Crippen MR) is 80.4 cm³/mol. The Hall–Kier alpha value is -1.02. The second-order valence-corrected chi connectivity index (χ2v) is 5.73. The lowest BCUT2D eigenvalue weighted by molar-refractivity contribution is 0.343. The summed E-state index contributed by atoms with van der Waals surface area (Å²) in [6.45, 7) is 2.19. The van der Waals surface area contributed by atoms with Gasteiger partial charge in [0.2, 0.25) is 0 Å². The zero-order chi connectivity index (χ0) is 13.5. The van der Waals surface area contributed by atoms with Gasteiger partial charge in [0, 0.05) is 17.6 Å². The number of rotatable bonds is 4. The average molecular weight is 261 g/mol. The lowest BCUT2D eigenvalue weighted by Gasteiger charge is -2.27. The van der Waals surface area contributed by atoms with E-state index in [1.165, 1.54) is 44.9 Å². The van der Waals surface area contributed by atoms with Crippen molar-refractivity contribution in [2.75, 3.05) is 0 Å². The van der Waals surface area contributed by atoms with Gasteiger partial charge in [0.25, 0.3) is 0 Å². The minimum Gasteiger partial charge on any atom is -0.508 e. The molecule has 0 amide bonds. The molecular formula is C17H27NO. The van der Waals surface area contributed by atoms with Gasteiger partial charge in [0.15, 0.2) is 0 Å². The molecule has 0 heterocycles. The molecule has 106 valence electrons. The summed E-state index contributed by atoms with van der Waals surface area (Å²) in [6, 6.07) is 8.63. The van der Waals surface area contributed by atoms with E-state index in [1.807, 2.05) is 18.2 Å². The second kappa shape index (κ2) is 7.54. The highest BCUT2D eigenvalue weighted by atomic mass is 16.3. The van der Waals surface area contributed by atoms with Gasteiger partial charge in [-0.25, -0.2) is 0 Å². The van der Waals surface area contributed by atoms with Crippen LogP contribution in [0.3, 0.4) is 0 Å². The molecule has 19 heavy (non-hydrogen) atoms. The lowest BCUT2D eigenvalue weighted by atomic mass is 9.94. The van der Waals surface area contributed by atoms with E-state index in [0.29, 0.717) is 11.8 Å². The Bertz CT molecular complexity index is 369. The highest BCUT2D eigenvalue weighted by Crippen LogP contribution is 2.28. The van der Waals surface area contributed by atoms with Crippen molar-refractivity contribution >= 4 is 0 Å². The maximum Gasteiger partial charge on any atom is 0.120 e. The molecule has 1 aliphatic carbocycles. The van der Waals surface area contributed by atoms with Crippen molar-refractivity contribution in [1.82, 2.24) is 5.32 Å².